The highest BCUT2D eigenvalue weighted by atomic mass is 16.6. The molecule has 0 spiro atoms. The number of rotatable bonds is 8. The third-order valence-corrected chi connectivity index (χ3v) is 2.95. The summed E-state index contributed by atoms with van der Waals surface area (Å²) in [6, 6.07) is 2.68. The van der Waals surface area contributed by atoms with Crippen LogP contribution in [0.4, 0.5) is 10.7 Å². The standard InChI is InChI=1S/C14H17N5O6/c1-3-24-14(20)16-15-8-10-9-18(6-7-23-2)17-13(10)11-4-5-12(25-11)19(21)22/h4-5,8-9H,3,6-7H2,1-2H3,(H,16,20)/b15-8+. The van der Waals surface area contributed by atoms with Crippen molar-refractivity contribution in [1.29, 1.82) is 0 Å². The summed E-state index contributed by atoms with van der Waals surface area (Å²) in [5.41, 5.74) is 3.04. The molecule has 25 heavy (non-hydrogen) atoms. The van der Waals surface area contributed by atoms with Gasteiger partial charge in [0.25, 0.3) is 0 Å². The fourth-order valence-electron chi connectivity index (χ4n) is 1.89. The van der Waals surface area contributed by atoms with Gasteiger partial charge in [0.2, 0.25) is 0 Å². The molecule has 0 atom stereocenters. The number of furan rings is 1. The summed E-state index contributed by atoms with van der Waals surface area (Å²) in [6.45, 7) is 2.78. The molecule has 0 unspecified atom stereocenters. The quantitative estimate of drug-likeness (QED) is 0.435. The molecule has 2 aromatic rings. The number of methoxy groups -OCH3 is 1. The maximum Gasteiger partial charge on any atom is 0.433 e. The molecule has 0 fully saturated rings. The second kappa shape index (κ2) is 8.59. The van der Waals surface area contributed by atoms with E-state index in [1.165, 1.54) is 18.3 Å². The van der Waals surface area contributed by atoms with Crippen molar-refractivity contribution in [3.63, 3.8) is 0 Å². The van der Waals surface area contributed by atoms with E-state index in [2.05, 4.69) is 20.4 Å². The molecule has 0 saturated carbocycles. The summed E-state index contributed by atoms with van der Waals surface area (Å²) in [5.74, 6) is -0.186. The number of hydrogen-bond donors (Lipinski definition) is 1. The molecular formula is C14H17N5O6. The van der Waals surface area contributed by atoms with Crippen LogP contribution in [-0.4, -0.2) is 47.3 Å². The molecule has 0 saturated heterocycles. The highest BCUT2D eigenvalue weighted by molar-refractivity contribution is 5.88. The Labute approximate surface area is 142 Å². The van der Waals surface area contributed by atoms with Crippen LogP contribution in [0.2, 0.25) is 0 Å². The number of carbonyl (C=O) groups excluding carboxylic acids is 1. The van der Waals surface area contributed by atoms with Crippen molar-refractivity contribution in [1.82, 2.24) is 15.2 Å². The van der Waals surface area contributed by atoms with Crippen molar-refractivity contribution in [2.24, 2.45) is 5.10 Å². The Bertz CT molecular complexity index is 766. The molecule has 0 aliphatic heterocycles. The molecule has 2 rings (SSSR count). The molecule has 0 aromatic carbocycles. The fourth-order valence-corrected chi connectivity index (χ4v) is 1.89. The number of hydrogen-bond acceptors (Lipinski definition) is 8. The maximum absolute atomic E-state index is 11.2. The first-order chi connectivity index (χ1) is 12.0. The molecular weight excluding hydrogens is 334 g/mol. The predicted molar refractivity (Wildman–Crippen MR) is 86.2 cm³/mol. The molecule has 134 valence electrons. The largest absolute Gasteiger partial charge is 0.449 e. The Balaban J connectivity index is 2.25. The predicted octanol–water partition coefficient (Wildman–Crippen LogP) is 1.78. The fraction of sp³-hybridized carbons (Fsp3) is 0.357. The first-order valence-electron chi connectivity index (χ1n) is 7.32. The Morgan fingerprint density at radius 2 is 2.36 bits per heavy atom. The lowest BCUT2D eigenvalue weighted by Crippen LogP contribution is -2.18. The highest BCUT2D eigenvalue weighted by Crippen LogP contribution is 2.26. The second-order valence-electron chi connectivity index (χ2n) is 4.67. The van der Waals surface area contributed by atoms with Crippen LogP contribution < -0.4 is 5.43 Å². The summed E-state index contributed by atoms with van der Waals surface area (Å²) in [5, 5.41) is 18.8. The zero-order valence-electron chi connectivity index (χ0n) is 13.7. The number of amides is 1. The van der Waals surface area contributed by atoms with Crippen molar-refractivity contribution in [3.8, 4) is 11.5 Å². The van der Waals surface area contributed by atoms with Crippen LogP contribution in [0.15, 0.2) is 27.8 Å². The van der Waals surface area contributed by atoms with Gasteiger partial charge in [-0.25, -0.2) is 10.2 Å². The van der Waals surface area contributed by atoms with Crippen LogP contribution in [0.5, 0.6) is 0 Å². The smallest absolute Gasteiger partial charge is 0.433 e. The van der Waals surface area contributed by atoms with Gasteiger partial charge < -0.3 is 13.9 Å². The Hall–Kier alpha value is -3.21. The first-order valence-corrected chi connectivity index (χ1v) is 7.32. The highest BCUT2D eigenvalue weighted by Gasteiger charge is 2.18. The van der Waals surface area contributed by atoms with Gasteiger partial charge in [-0.2, -0.15) is 10.2 Å². The molecule has 0 radical (unpaired) electrons. The lowest BCUT2D eigenvalue weighted by Gasteiger charge is -1.98. The zero-order valence-corrected chi connectivity index (χ0v) is 13.7. The number of nitrogens with one attached hydrogen (secondary N) is 1. The summed E-state index contributed by atoms with van der Waals surface area (Å²) < 4.78 is 16.4. The molecule has 1 N–H and O–H groups in total. The minimum absolute atomic E-state index is 0.209. The molecule has 11 nitrogen and oxygen atoms in total. The van der Waals surface area contributed by atoms with Crippen LogP contribution in [0.25, 0.3) is 11.5 Å². The van der Waals surface area contributed by atoms with E-state index in [9.17, 15) is 14.9 Å². The monoisotopic (exact) mass is 351 g/mol. The molecule has 2 aromatic heterocycles. The van der Waals surface area contributed by atoms with Crippen LogP contribution in [-0.2, 0) is 16.0 Å². The van der Waals surface area contributed by atoms with E-state index in [1.54, 1.807) is 24.9 Å². The van der Waals surface area contributed by atoms with E-state index < -0.39 is 16.9 Å². The number of hydrazone groups is 1. The number of nitrogens with zero attached hydrogens (tertiary/aromatic N) is 4. The van der Waals surface area contributed by atoms with Gasteiger partial charge in [0.05, 0.1) is 32.0 Å². The summed E-state index contributed by atoms with van der Waals surface area (Å²) >= 11 is 0. The van der Waals surface area contributed by atoms with Crippen LogP contribution in [0, 0.1) is 10.1 Å². The van der Waals surface area contributed by atoms with Gasteiger partial charge in [0.1, 0.15) is 10.6 Å². The van der Waals surface area contributed by atoms with Gasteiger partial charge in [-0.3, -0.25) is 14.8 Å². The van der Waals surface area contributed by atoms with E-state index in [-0.39, 0.29) is 12.4 Å². The Morgan fingerprint density at radius 3 is 3.00 bits per heavy atom. The lowest BCUT2D eigenvalue weighted by molar-refractivity contribution is -0.401. The number of carbonyl (C=O) groups is 1. The van der Waals surface area contributed by atoms with Crippen molar-refractivity contribution in [3.05, 3.63) is 34.0 Å². The summed E-state index contributed by atoms with van der Waals surface area (Å²) in [7, 11) is 1.56. The van der Waals surface area contributed by atoms with Crippen LogP contribution >= 0.6 is 0 Å². The van der Waals surface area contributed by atoms with Crippen molar-refractivity contribution >= 4 is 18.2 Å². The molecule has 0 aliphatic rings. The average molecular weight is 351 g/mol. The summed E-state index contributed by atoms with van der Waals surface area (Å²) in [4.78, 5) is 21.4. The topological polar surface area (TPSA) is 134 Å². The van der Waals surface area contributed by atoms with Crippen LogP contribution in [0.1, 0.15) is 12.5 Å². The van der Waals surface area contributed by atoms with E-state index in [0.29, 0.717) is 24.4 Å². The van der Waals surface area contributed by atoms with Gasteiger partial charge >= 0.3 is 12.0 Å². The number of nitro groups is 1. The second-order valence-corrected chi connectivity index (χ2v) is 4.67. The van der Waals surface area contributed by atoms with Crippen molar-refractivity contribution < 1.29 is 23.6 Å². The average Bonchev–Trinajstić information content (AvgIpc) is 3.20. The molecule has 1 amide bonds. The van der Waals surface area contributed by atoms with Gasteiger partial charge in [0, 0.05) is 18.9 Å². The normalized spacial score (nSPS) is 11.0. The molecule has 2 heterocycles. The van der Waals surface area contributed by atoms with E-state index in [4.69, 9.17) is 9.15 Å². The number of ether oxygens (including phenoxy) is 2. The van der Waals surface area contributed by atoms with E-state index >= 15 is 0 Å². The van der Waals surface area contributed by atoms with Gasteiger partial charge in [-0.1, -0.05) is 0 Å². The van der Waals surface area contributed by atoms with Gasteiger partial charge in [0.15, 0.2) is 5.76 Å². The van der Waals surface area contributed by atoms with Gasteiger partial charge in [-0.15, -0.1) is 0 Å². The maximum atomic E-state index is 11.2. The molecule has 11 heteroatoms. The Kier molecular flexibility index (Phi) is 6.23. The lowest BCUT2D eigenvalue weighted by atomic mass is 10.2. The van der Waals surface area contributed by atoms with Crippen molar-refractivity contribution in [2.75, 3.05) is 20.3 Å². The molecule has 0 aliphatic carbocycles. The van der Waals surface area contributed by atoms with Crippen LogP contribution in [0.3, 0.4) is 0 Å². The van der Waals surface area contributed by atoms with E-state index in [0.717, 1.165) is 0 Å². The SMILES string of the molecule is CCOC(=O)N/N=C/c1cn(CCOC)nc1-c1ccc([N+](=O)[O-])o1. The first kappa shape index (κ1) is 18.1. The summed E-state index contributed by atoms with van der Waals surface area (Å²) in [6.07, 6.45) is 2.30. The minimum atomic E-state index is -0.694. The Morgan fingerprint density at radius 1 is 1.56 bits per heavy atom. The van der Waals surface area contributed by atoms with Gasteiger partial charge in [-0.05, 0) is 13.0 Å². The number of aromatic nitrogens is 2. The third kappa shape index (κ3) is 4.88. The van der Waals surface area contributed by atoms with Crippen molar-refractivity contribution in [2.45, 2.75) is 13.5 Å². The zero-order chi connectivity index (χ0) is 18.2. The van der Waals surface area contributed by atoms with E-state index in [1.807, 2.05) is 0 Å². The minimum Gasteiger partial charge on any atom is -0.449 e. The third-order valence-electron chi connectivity index (χ3n) is 2.95. The molecule has 0 bridgehead atoms.